The van der Waals surface area contributed by atoms with E-state index < -0.39 is 5.97 Å². The molecule has 0 amide bonds. The molecule has 0 spiro atoms. The number of terminal acetylenes is 1. The second-order valence-electron chi connectivity index (χ2n) is 10.9. The molecular formula is C25H38O2. The molecule has 0 saturated heterocycles. The molecule has 0 radical (unpaired) electrons. The second kappa shape index (κ2) is 7.13. The first-order chi connectivity index (χ1) is 12.9. The van der Waals surface area contributed by atoms with Gasteiger partial charge in [-0.2, -0.15) is 0 Å². The zero-order valence-electron chi connectivity index (χ0n) is 17.4. The molecule has 0 bridgehead atoms. The lowest BCUT2D eigenvalue weighted by Crippen LogP contribution is -2.53. The number of hydrogen-bond donors (Lipinski definition) is 1. The smallest absolute Gasteiger partial charge is 0.303 e. The van der Waals surface area contributed by atoms with Crippen LogP contribution in [0.15, 0.2) is 0 Å². The highest BCUT2D eigenvalue weighted by molar-refractivity contribution is 5.66. The molecule has 4 aliphatic rings. The van der Waals surface area contributed by atoms with Gasteiger partial charge in [-0.25, -0.2) is 0 Å². The van der Waals surface area contributed by atoms with Gasteiger partial charge in [-0.15, -0.1) is 12.3 Å². The number of carbonyl (C=O) groups is 1. The predicted octanol–water partition coefficient (Wildman–Crippen LogP) is 6.15. The SMILES string of the molecule is C#CC1CCC2(C)C(CCC3C4CCC(CCCC(=O)O)C4(C)CCC32)C1. The first-order valence-corrected chi connectivity index (χ1v) is 11.6. The zero-order valence-corrected chi connectivity index (χ0v) is 17.4. The molecule has 150 valence electrons. The van der Waals surface area contributed by atoms with Crippen LogP contribution in [0.3, 0.4) is 0 Å². The van der Waals surface area contributed by atoms with Crippen LogP contribution < -0.4 is 0 Å². The Balaban J connectivity index is 1.48. The topological polar surface area (TPSA) is 37.3 Å². The van der Waals surface area contributed by atoms with Crippen molar-refractivity contribution >= 4 is 5.97 Å². The van der Waals surface area contributed by atoms with E-state index >= 15 is 0 Å². The Morgan fingerprint density at radius 1 is 1.04 bits per heavy atom. The highest BCUT2D eigenvalue weighted by Crippen LogP contribution is 2.68. The van der Waals surface area contributed by atoms with Crippen molar-refractivity contribution in [3.05, 3.63) is 0 Å². The molecule has 27 heavy (non-hydrogen) atoms. The summed E-state index contributed by atoms with van der Waals surface area (Å²) in [6, 6.07) is 0. The highest BCUT2D eigenvalue weighted by atomic mass is 16.4. The maximum absolute atomic E-state index is 10.9. The first-order valence-electron chi connectivity index (χ1n) is 11.6. The number of carboxylic acid groups (broad SMARTS) is 1. The van der Waals surface area contributed by atoms with Gasteiger partial charge in [-0.3, -0.25) is 4.79 Å². The lowest BCUT2D eigenvalue weighted by molar-refractivity contribution is -0.137. The van der Waals surface area contributed by atoms with E-state index in [-0.39, 0.29) is 0 Å². The van der Waals surface area contributed by atoms with Crippen LogP contribution in [0.2, 0.25) is 0 Å². The lowest BCUT2D eigenvalue weighted by atomic mass is 9.44. The van der Waals surface area contributed by atoms with Gasteiger partial charge in [0.2, 0.25) is 0 Å². The predicted molar refractivity (Wildman–Crippen MR) is 109 cm³/mol. The Morgan fingerprint density at radius 3 is 2.52 bits per heavy atom. The van der Waals surface area contributed by atoms with Crippen molar-refractivity contribution in [2.75, 3.05) is 0 Å². The van der Waals surface area contributed by atoms with Gasteiger partial charge in [-0.1, -0.05) is 13.8 Å². The Bertz CT molecular complexity index is 618. The summed E-state index contributed by atoms with van der Waals surface area (Å²) in [5.74, 6) is 7.27. The minimum atomic E-state index is -0.632. The average molecular weight is 371 g/mol. The number of rotatable bonds is 4. The zero-order chi connectivity index (χ0) is 19.2. The Kier molecular flexibility index (Phi) is 5.11. The minimum Gasteiger partial charge on any atom is -0.481 e. The third kappa shape index (κ3) is 3.14. The molecule has 8 unspecified atom stereocenters. The summed E-state index contributed by atoms with van der Waals surface area (Å²) in [6.07, 6.45) is 20.3. The molecule has 0 heterocycles. The molecular weight excluding hydrogens is 332 g/mol. The molecule has 8 atom stereocenters. The molecule has 0 aromatic heterocycles. The van der Waals surface area contributed by atoms with Crippen molar-refractivity contribution in [2.24, 2.45) is 46.3 Å². The van der Waals surface area contributed by atoms with E-state index in [1.807, 2.05) is 0 Å². The summed E-state index contributed by atoms with van der Waals surface area (Å²) < 4.78 is 0. The number of fused-ring (bicyclic) bond motifs is 5. The monoisotopic (exact) mass is 370 g/mol. The Labute approximate surface area is 165 Å². The van der Waals surface area contributed by atoms with Gasteiger partial charge in [0.05, 0.1) is 0 Å². The Hall–Kier alpha value is -0.970. The summed E-state index contributed by atoms with van der Waals surface area (Å²) in [6.45, 7) is 5.18. The van der Waals surface area contributed by atoms with E-state index in [0.29, 0.717) is 23.2 Å². The molecule has 0 aromatic rings. The van der Waals surface area contributed by atoms with E-state index in [4.69, 9.17) is 11.5 Å². The maximum Gasteiger partial charge on any atom is 0.303 e. The van der Waals surface area contributed by atoms with Gasteiger partial charge in [-0.05, 0) is 111 Å². The molecule has 4 rings (SSSR count). The van der Waals surface area contributed by atoms with Crippen molar-refractivity contribution in [1.29, 1.82) is 0 Å². The van der Waals surface area contributed by atoms with Crippen LogP contribution in [-0.4, -0.2) is 11.1 Å². The fourth-order valence-electron chi connectivity index (χ4n) is 8.49. The fraction of sp³-hybridized carbons (Fsp3) is 0.880. The van der Waals surface area contributed by atoms with Crippen LogP contribution in [0.1, 0.15) is 90.9 Å². The van der Waals surface area contributed by atoms with Gasteiger partial charge >= 0.3 is 5.97 Å². The summed E-state index contributed by atoms with van der Waals surface area (Å²) in [5.41, 5.74) is 0.998. The van der Waals surface area contributed by atoms with E-state index in [1.54, 1.807) is 0 Å². The van der Waals surface area contributed by atoms with E-state index in [9.17, 15) is 4.79 Å². The second-order valence-corrected chi connectivity index (χ2v) is 10.9. The summed E-state index contributed by atoms with van der Waals surface area (Å²) in [5, 5.41) is 9.00. The summed E-state index contributed by atoms with van der Waals surface area (Å²) in [4.78, 5) is 10.9. The lowest BCUT2D eigenvalue weighted by Gasteiger charge is -2.61. The highest BCUT2D eigenvalue weighted by Gasteiger charge is 2.59. The van der Waals surface area contributed by atoms with Crippen molar-refractivity contribution in [2.45, 2.75) is 90.9 Å². The minimum absolute atomic E-state index is 0.347. The normalized spacial score (nSPS) is 48.8. The fourth-order valence-corrected chi connectivity index (χ4v) is 8.49. The number of hydrogen-bond acceptors (Lipinski definition) is 1. The molecule has 1 N–H and O–H groups in total. The maximum atomic E-state index is 10.9. The van der Waals surface area contributed by atoms with Gasteiger partial charge < -0.3 is 5.11 Å². The standard InChI is InChI=1S/C25H38O2/c1-4-17-12-14-25(3)19(16-17)8-10-20-21-11-9-18(6-5-7-23(26)27)24(21,2)15-13-22(20)25/h1,17-22H,5-16H2,2-3H3,(H,26,27). The van der Waals surface area contributed by atoms with Crippen molar-refractivity contribution in [3.8, 4) is 12.3 Å². The van der Waals surface area contributed by atoms with Crippen molar-refractivity contribution in [3.63, 3.8) is 0 Å². The van der Waals surface area contributed by atoms with E-state index in [1.165, 1.54) is 57.8 Å². The van der Waals surface area contributed by atoms with Crippen LogP contribution in [0.4, 0.5) is 0 Å². The molecule has 4 saturated carbocycles. The van der Waals surface area contributed by atoms with Crippen LogP contribution in [-0.2, 0) is 4.79 Å². The summed E-state index contributed by atoms with van der Waals surface area (Å²) >= 11 is 0. The summed E-state index contributed by atoms with van der Waals surface area (Å²) in [7, 11) is 0. The van der Waals surface area contributed by atoms with Gasteiger partial charge in [0.1, 0.15) is 0 Å². The largest absolute Gasteiger partial charge is 0.481 e. The molecule has 0 aromatic carbocycles. The molecule has 4 fully saturated rings. The molecule has 4 aliphatic carbocycles. The van der Waals surface area contributed by atoms with Crippen molar-refractivity contribution in [1.82, 2.24) is 0 Å². The van der Waals surface area contributed by atoms with Crippen LogP contribution in [0, 0.1) is 58.7 Å². The molecule has 2 heteroatoms. The first kappa shape index (κ1) is 19.4. The Morgan fingerprint density at radius 2 is 1.78 bits per heavy atom. The quantitative estimate of drug-likeness (QED) is 0.603. The molecule has 0 aliphatic heterocycles. The van der Waals surface area contributed by atoms with Crippen molar-refractivity contribution < 1.29 is 9.90 Å². The third-order valence-corrected chi connectivity index (χ3v) is 10.0. The van der Waals surface area contributed by atoms with E-state index in [0.717, 1.165) is 42.4 Å². The number of carboxylic acids is 1. The van der Waals surface area contributed by atoms with Gasteiger partial charge in [0.15, 0.2) is 0 Å². The van der Waals surface area contributed by atoms with Crippen LogP contribution in [0.25, 0.3) is 0 Å². The molecule has 2 nitrogen and oxygen atoms in total. The number of aliphatic carboxylic acids is 1. The van der Waals surface area contributed by atoms with Gasteiger partial charge in [0.25, 0.3) is 0 Å². The van der Waals surface area contributed by atoms with Crippen LogP contribution in [0.5, 0.6) is 0 Å². The van der Waals surface area contributed by atoms with Crippen LogP contribution >= 0.6 is 0 Å². The van der Waals surface area contributed by atoms with Gasteiger partial charge in [0, 0.05) is 12.3 Å². The van der Waals surface area contributed by atoms with E-state index in [2.05, 4.69) is 19.8 Å². The third-order valence-electron chi connectivity index (χ3n) is 10.0. The average Bonchev–Trinajstić information content (AvgIpc) is 2.97.